The second kappa shape index (κ2) is 17.3. The zero-order valence-corrected chi connectivity index (χ0v) is 34.8. The number of sulfonamides is 1. The number of nitrogens with one attached hydrogen (secondary N) is 1. The van der Waals surface area contributed by atoms with Crippen LogP contribution < -0.4 is 14.2 Å². The summed E-state index contributed by atoms with van der Waals surface area (Å²) in [5.74, 6) is -0.153. The minimum atomic E-state index is -4.41. The second-order valence-electron chi connectivity index (χ2n) is 15.3. The number of halogens is 1. The number of carbonyl (C=O) groups excluding carboxylic acids is 3. The summed E-state index contributed by atoms with van der Waals surface area (Å²) in [5.41, 5.74) is 5.12. The number of fused-ring (bicyclic) bond motifs is 3. The molecule has 6 rings (SSSR count). The highest BCUT2D eigenvalue weighted by molar-refractivity contribution is 7.90. The normalized spacial score (nSPS) is 18.2. The molecule has 0 radical (unpaired) electrons. The highest BCUT2D eigenvalue weighted by Crippen LogP contribution is 2.33. The Kier molecular flexibility index (Phi) is 12.7. The minimum Gasteiger partial charge on any atom is -0.494 e. The molecule has 13 heteroatoms. The number of amides is 3. The molecule has 11 nitrogen and oxygen atoms in total. The molecule has 56 heavy (non-hydrogen) atoms. The summed E-state index contributed by atoms with van der Waals surface area (Å²) in [5, 5.41) is 1.70. The quantitative estimate of drug-likeness (QED) is 0.180. The molecule has 1 aromatic heterocycles. The molecule has 1 aliphatic heterocycles. The Morgan fingerprint density at radius 3 is 2.38 bits per heavy atom. The molecule has 3 amide bonds. The molecule has 2 atom stereocenters. The highest BCUT2D eigenvalue weighted by atomic mass is 35.5. The van der Waals surface area contributed by atoms with Crippen LogP contribution in [0.15, 0.2) is 53.4 Å². The van der Waals surface area contributed by atoms with E-state index in [-0.39, 0.29) is 45.7 Å². The number of ether oxygens (including phenoxy) is 2. The standard InChI is InChI=1S/C43H53ClN4O7S/c1-27-23-33(24-28(2)41(27)44)54-22-12-21-47-30(4)29(3)35-17-15-32(25-38(35)47)42(50)45-56(52,53)34-16-18-39-36(26-34)43(51)46(6)19-10-7-11-20-48(31(5)49)37-13-8-9-14-40(37)55-39/h15-18,23-26,37,40H,7-14,19-22H2,1-6H3,(H,45,50)/t37-,40+/m1/s1. The van der Waals surface area contributed by atoms with E-state index < -0.39 is 15.9 Å². The third-order valence-electron chi connectivity index (χ3n) is 11.3. The van der Waals surface area contributed by atoms with Crippen molar-refractivity contribution in [2.75, 3.05) is 26.7 Å². The topological polar surface area (TPSA) is 127 Å². The number of hydrogen-bond acceptors (Lipinski definition) is 7. The SMILES string of the molecule is CC(=O)N1CCCCCN(C)C(=O)c2cc(S(=O)(=O)NC(=O)c3ccc4c(C)c(C)n(CCCOc5cc(C)c(Cl)c(C)c5)c4c3)ccc2O[C@H]2CCCC[C@H]21. The van der Waals surface area contributed by atoms with Crippen molar-refractivity contribution < 1.29 is 32.3 Å². The van der Waals surface area contributed by atoms with Crippen molar-refractivity contribution in [1.82, 2.24) is 19.1 Å². The van der Waals surface area contributed by atoms with E-state index in [9.17, 15) is 22.8 Å². The van der Waals surface area contributed by atoms with Crippen molar-refractivity contribution >= 4 is 50.2 Å². The maximum atomic E-state index is 13.9. The van der Waals surface area contributed by atoms with Gasteiger partial charge in [0.25, 0.3) is 21.8 Å². The molecule has 0 unspecified atom stereocenters. The Labute approximate surface area is 335 Å². The van der Waals surface area contributed by atoms with Gasteiger partial charge < -0.3 is 23.8 Å². The number of aryl methyl sites for hydroxylation is 4. The molecule has 4 aromatic rings. The van der Waals surface area contributed by atoms with E-state index in [0.717, 1.165) is 82.6 Å². The summed E-state index contributed by atoms with van der Waals surface area (Å²) in [4.78, 5) is 43.5. The molecule has 300 valence electrons. The van der Waals surface area contributed by atoms with E-state index in [1.807, 2.05) is 50.8 Å². The molecule has 0 bridgehead atoms. The maximum Gasteiger partial charge on any atom is 0.265 e. The van der Waals surface area contributed by atoms with Crippen molar-refractivity contribution in [3.63, 3.8) is 0 Å². The van der Waals surface area contributed by atoms with Gasteiger partial charge in [-0.05, 0) is 132 Å². The van der Waals surface area contributed by atoms with Gasteiger partial charge in [-0.25, -0.2) is 13.1 Å². The average Bonchev–Trinajstić information content (AvgIpc) is 3.40. The molecule has 3 aromatic carbocycles. The van der Waals surface area contributed by atoms with Crippen molar-refractivity contribution in [3.05, 3.63) is 87.1 Å². The molecular formula is C43H53ClN4O7S. The highest BCUT2D eigenvalue weighted by Gasteiger charge is 2.35. The van der Waals surface area contributed by atoms with Gasteiger partial charge in [-0.1, -0.05) is 24.1 Å². The fraction of sp³-hybridized carbons (Fsp3) is 0.465. The Bertz CT molecular complexity index is 2230. The Morgan fingerprint density at radius 1 is 0.929 bits per heavy atom. The number of carbonyl (C=O) groups is 3. The molecule has 1 aliphatic carbocycles. The molecule has 0 spiro atoms. The van der Waals surface area contributed by atoms with Gasteiger partial charge in [-0.2, -0.15) is 0 Å². The molecule has 1 saturated carbocycles. The Balaban J connectivity index is 1.22. The minimum absolute atomic E-state index is 0.00599. The largest absolute Gasteiger partial charge is 0.494 e. The van der Waals surface area contributed by atoms with Crippen LogP contribution in [0.2, 0.25) is 5.02 Å². The zero-order chi connectivity index (χ0) is 40.3. The van der Waals surface area contributed by atoms with Gasteiger partial charge in [0.1, 0.15) is 17.6 Å². The second-order valence-corrected chi connectivity index (χ2v) is 17.3. The van der Waals surface area contributed by atoms with Crippen LogP contribution in [0.5, 0.6) is 11.5 Å². The van der Waals surface area contributed by atoms with E-state index in [4.69, 9.17) is 21.1 Å². The zero-order valence-electron chi connectivity index (χ0n) is 33.2. The number of rotatable bonds is 8. The van der Waals surface area contributed by atoms with Crippen molar-refractivity contribution in [2.45, 2.75) is 110 Å². The molecule has 1 fully saturated rings. The monoisotopic (exact) mass is 804 g/mol. The Morgan fingerprint density at radius 2 is 1.64 bits per heavy atom. The fourth-order valence-electron chi connectivity index (χ4n) is 8.07. The summed E-state index contributed by atoms with van der Waals surface area (Å²) in [6, 6.07) is 13.0. The number of benzene rings is 3. The number of hydrogen-bond donors (Lipinski definition) is 1. The molecule has 0 saturated heterocycles. The maximum absolute atomic E-state index is 13.9. The van der Waals surface area contributed by atoms with E-state index in [1.165, 1.54) is 18.2 Å². The van der Waals surface area contributed by atoms with Crippen LogP contribution >= 0.6 is 11.6 Å². The summed E-state index contributed by atoms with van der Waals surface area (Å²) in [6.07, 6.45) is 6.12. The summed E-state index contributed by atoms with van der Waals surface area (Å²) in [7, 11) is -2.73. The predicted octanol–water partition coefficient (Wildman–Crippen LogP) is 7.91. The first kappa shape index (κ1) is 41.1. The third-order valence-corrected chi connectivity index (χ3v) is 13.2. The number of nitrogens with zero attached hydrogens (tertiary/aromatic N) is 3. The van der Waals surface area contributed by atoms with E-state index in [0.29, 0.717) is 39.1 Å². The predicted molar refractivity (Wildman–Crippen MR) is 218 cm³/mol. The van der Waals surface area contributed by atoms with Crippen LogP contribution in [0, 0.1) is 27.7 Å². The average molecular weight is 805 g/mol. The Hall–Kier alpha value is -4.55. The van der Waals surface area contributed by atoms with Gasteiger partial charge in [-0.15, -0.1) is 0 Å². The van der Waals surface area contributed by atoms with Crippen molar-refractivity contribution in [1.29, 1.82) is 0 Å². The van der Waals surface area contributed by atoms with Crippen LogP contribution in [0.4, 0.5) is 0 Å². The first-order valence-corrected chi connectivity index (χ1v) is 21.4. The van der Waals surface area contributed by atoms with Gasteiger partial charge in [0.05, 0.1) is 23.1 Å². The van der Waals surface area contributed by atoms with Crippen LogP contribution in [-0.2, 0) is 21.4 Å². The lowest BCUT2D eigenvalue weighted by molar-refractivity contribution is -0.134. The molecule has 2 aliphatic rings. The summed E-state index contributed by atoms with van der Waals surface area (Å²) >= 11 is 6.32. The molecule has 1 N–H and O–H groups in total. The smallest absolute Gasteiger partial charge is 0.265 e. The van der Waals surface area contributed by atoms with Crippen molar-refractivity contribution in [2.24, 2.45) is 0 Å². The van der Waals surface area contributed by atoms with Gasteiger partial charge in [0, 0.05) is 60.8 Å². The fourth-order valence-corrected chi connectivity index (χ4v) is 9.18. The van der Waals surface area contributed by atoms with Crippen LogP contribution in [-0.4, -0.2) is 79.4 Å². The van der Waals surface area contributed by atoms with Gasteiger partial charge >= 0.3 is 0 Å². The number of aromatic nitrogens is 1. The first-order valence-electron chi connectivity index (χ1n) is 19.6. The van der Waals surface area contributed by atoms with E-state index in [2.05, 4.69) is 9.29 Å². The first-order chi connectivity index (χ1) is 26.7. The third kappa shape index (κ3) is 8.86. The lowest BCUT2D eigenvalue weighted by Crippen LogP contribution is -2.50. The van der Waals surface area contributed by atoms with Gasteiger partial charge in [-0.3, -0.25) is 14.4 Å². The molecular weight excluding hydrogens is 752 g/mol. The van der Waals surface area contributed by atoms with Crippen LogP contribution in [0.25, 0.3) is 10.9 Å². The van der Waals surface area contributed by atoms with Crippen molar-refractivity contribution in [3.8, 4) is 11.5 Å². The van der Waals surface area contributed by atoms with E-state index >= 15 is 0 Å². The van der Waals surface area contributed by atoms with E-state index in [1.54, 1.807) is 31.0 Å². The summed E-state index contributed by atoms with van der Waals surface area (Å²) < 4.78 is 44.6. The van der Waals surface area contributed by atoms with Crippen LogP contribution in [0.3, 0.4) is 0 Å². The lowest BCUT2D eigenvalue weighted by atomic mass is 9.90. The van der Waals surface area contributed by atoms with Crippen LogP contribution in [0.1, 0.15) is 101 Å². The summed E-state index contributed by atoms with van der Waals surface area (Å²) in [6.45, 7) is 11.7. The van der Waals surface area contributed by atoms with Gasteiger partial charge in [0.2, 0.25) is 5.91 Å². The van der Waals surface area contributed by atoms with Gasteiger partial charge in [0.15, 0.2) is 0 Å². The lowest BCUT2D eigenvalue weighted by Gasteiger charge is -2.39. The molecule has 2 heterocycles.